The Morgan fingerprint density at radius 2 is 1.81 bits per heavy atom. The lowest BCUT2D eigenvalue weighted by atomic mass is 10.2. The predicted molar refractivity (Wildman–Crippen MR) is 166 cm³/mol. The maximum Gasteiger partial charge on any atom is 0.490 e. The maximum atomic E-state index is 12.6. The summed E-state index contributed by atoms with van der Waals surface area (Å²) < 4.78 is 64.8. The third kappa shape index (κ3) is 15.4. The van der Waals surface area contributed by atoms with Crippen molar-refractivity contribution in [1.82, 2.24) is 9.55 Å². The van der Waals surface area contributed by atoms with Crippen LogP contribution in [0.2, 0.25) is 0 Å². The van der Waals surface area contributed by atoms with E-state index in [1.165, 1.54) is 49.2 Å². The normalized spacial score (nSPS) is 22.0. The van der Waals surface area contributed by atoms with E-state index in [4.69, 9.17) is 28.5 Å². The molecule has 1 saturated heterocycles. The van der Waals surface area contributed by atoms with Crippen molar-refractivity contribution in [1.29, 1.82) is 0 Å². The molecule has 0 aromatic carbocycles. The molecular formula is C18H30BN2O15P3S4. The third-order valence-corrected chi connectivity index (χ3v) is 12.9. The van der Waals surface area contributed by atoms with Gasteiger partial charge in [-0.2, -0.15) is 19.3 Å². The van der Waals surface area contributed by atoms with Crippen molar-refractivity contribution in [3.63, 3.8) is 0 Å². The van der Waals surface area contributed by atoms with E-state index < -0.39 is 59.8 Å². The van der Waals surface area contributed by atoms with Gasteiger partial charge in [-0.1, -0.05) is 65.0 Å². The summed E-state index contributed by atoms with van der Waals surface area (Å²) in [5, 5.41) is 0. The molecule has 244 valence electrons. The Morgan fingerprint density at radius 1 is 1.12 bits per heavy atom. The molecule has 17 nitrogen and oxygen atoms in total. The van der Waals surface area contributed by atoms with Crippen molar-refractivity contribution in [2.45, 2.75) is 50.4 Å². The van der Waals surface area contributed by atoms with Gasteiger partial charge in [0.2, 0.25) is 0 Å². The van der Waals surface area contributed by atoms with Gasteiger partial charge in [-0.05, 0) is 0 Å². The minimum Gasteiger partial charge on any atom is -0.364 e. The Labute approximate surface area is 262 Å². The molecular weight excluding hydrogens is 716 g/mol. The van der Waals surface area contributed by atoms with Crippen LogP contribution < -0.4 is 11.2 Å². The van der Waals surface area contributed by atoms with Crippen LogP contribution in [-0.2, 0) is 41.1 Å². The second kappa shape index (κ2) is 17.2. The molecule has 2 rings (SSSR count). The van der Waals surface area contributed by atoms with Gasteiger partial charge in [0.25, 0.3) is 5.56 Å². The molecule has 0 saturated carbocycles. The second-order valence-corrected chi connectivity index (χ2v) is 19.2. The van der Waals surface area contributed by atoms with Crippen LogP contribution in [-0.4, -0.2) is 78.3 Å². The van der Waals surface area contributed by atoms with E-state index >= 15 is 0 Å². The highest BCUT2D eigenvalue weighted by molar-refractivity contribution is 8.84. The monoisotopic (exact) mass is 746 g/mol. The Bertz CT molecular complexity index is 1410. The van der Waals surface area contributed by atoms with Gasteiger partial charge < -0.3 is 33.8 Å². The summed E-state index contributed by atoms with van der Waals surface area (Å²) in [7, 11) is -8.99. The number of hydrogen-bond acceptors (Lipinski definition) is 15. The highest BCUT2D eigenvalue weighted by Gasteiger charge is 2.43. The molecule has 5 atom stereocenters. The van der Waals surface area contributed by atoms with Crippen molar-refractivity contribution in [3.8, 4) is 11.8 Å². The van der Waals surface area contributed by atoms with E-state index in [1.54, 1.807) is 0 Å². The number of aromatic nitrogens is 2. The zero-order valence-corrected chi connectivity index (χ0v) is 29.0. The van der Waals surface area contributed by atoms with Crippen molar-refractivity contribution in [2.24, 2.45) is 0 Å². The Balaban J connectivity index is 2.21. The quantitative estimate of drug-likeness (QED) is 0.0405. The van der Waals surface area contributed by atoms with Crippen molar-refractivity contribution in [2.75, 3.05) is 25.1 Å². The van der Waals surface area contributed by atoms with Crippen LogP contribution in [0.4, 0.5) is 0 Å². The topological polar surface area (TPSA) is 242 Å². The molecule has 1 aliphatic rings. The summed E-state index contributed by atoms with van der Waals surface area (Å²) >= 11 is 0. The number of H-pyrrole nitrogens is 1. The van der Waals surface area contributed by atoms with Gasteiger partial charge in [-0.3, -0.25) is 18.9 Å². The second-order valence-electron chi connectivity index (χ2n) is 9.15. The largest absolute Gasteiger partial charge is 0.490 e. The van der Waals surface area contributed by atoms with Crippen LogP contribution in [0.25, 0.3) is 0 Å². The average Bonchev–Trinajstić information content (AvgIpc) is 3.23. The molecule has 0 spiro atoms. The number of rotatable bonds is 16. The van der Waals surface area contributed by atoms with Gasteiger partial charge in [0.15, 0.2) is 7.12 Å². The summed E-state index contributed by atoms with van der Waals surface area (Å²) in [5.74, 6) is 5.81. The number of nitrogens with zero attached hydrogens (tertiary/aromatic N) is 1. The van der Waals surface area contributed by atoms with Crippen LogP contribution in [0.3, 0.4) is 0 Å². The zero-order chi connectivity index (χ0) is 32.5. The van der Waals surface area contributed by atoms with Crippen LogP contribution in [0, 0.1) is 11.8 Å². The number of aromatic amines is 1. The molecule has 1 aromatic rings. The first-order valence-electron chi connectivity index (χ1n) is 11.7. The zero-order valence-electron chi connectivity index (χ0n) is 23.0. The van der Waals surface area contributed by atoms with Crippen molar-refractivity contribution < 1.29 is 60.6 Å². The summed E-state index contributed by atoms with van der Waals surface area (Å²) in [4.78, 5) is 63.7. The molecule has 43 heavy (non-hydrogen) atoms. The molecule has 2 heterocycles. The fraction of sp³-hybridized carbons (Fsp3) is 0.667. The average molecular weight is 746 g/mol. The fourth-order valence-electron chi connectivity index (χ4n) is 3.08. The van der Waals surface area contributed by atoms with Crippen LogP contribution in [0.15, 0.2) is 15.8 Å². The van der Waals surface area contributed by atoms with E-state index in [1.807, 2.05) is 27.9 Å². The third-order valence-electron chi connectivity index (χ3n) is 4.56. The maximum absolute atomic E-state index is 12.6. The Hall–Kier alpha value is -0.00506. The minimum atomic E-state index is -5.73. The van der Waals surface area contributed by atoms with Gasteiger partial charge in [0, 0.05) is 17.4 Å². The number of hydrogen-bond donors (Lipinski definition) is 5. The van der Waals surface area contributed by atoms with Crippen LogP contribution in [0.1, 0.15) is 39.0 Å². The van der Waals surface area contributed by atoms with Gasteiger partial charge >= 0.3 is 29.2 Å². The molecule has 3 unspecified atom stereocenters. The Kier molecular flexibility index (Phi) is 15.7. The van der Waals surface area contributed by atoms with Gasteiger partial charge in [0.05, 0.1) is 12.7 Å². The van der Waals surface area contributed by atoms with Gasteiger partial charge in [-0.25, -0.2) is 18.5 Å². The van der Waals surface area contributed by atoms with Crippen molar-refractivity contribution in [3.05, 3.63) is 32.6 Å². The number of ether oxygens (including phenoxy) is 3. The highest BCUT2D eigenvalue weighted by atomic mass is 33.1. The van der Waals surface area contributed by atoms with E-state index in [0.717, 1.165) is 4.57 Å². The van der Waals surface area contributed by atoms with Crippen LogP contribution in [0.5, 0.6) is 0 Å². The fourth-order valence-corrected chi connectivity index (χ4v) is 8.85. The molecule has 0 radical (unpaired) electrons. The molecule has 0 amide bonds. The summed E-state index contributed by atoms with van der Waals surface area (Å²) in [6.07, 6.45) is -1.91. The number of phosphoric acid groups is 3. The van der Waals surface area contributed by atoms with Crippen LogP contribution >= 0.6 is 66.5 Å². The lowest BCUT2D eigenvalue weighted by Gasteiger charge is -2.22. The van der Waals surface area contributed by atoms with E-state index in [9.17, 15) is 33.1 Å². The molecule has 5 N–H and O–H groups in total. The smallest absolute Gasteiger partial charge is 0.364 e. The molecule has 25 heteroatoms. The SMILES string of the molecule is BSSCOCC#Cc1cn([C@H]2C[C@@H](OCSSC(C)(C)C)C(COP(=O)(O)OP(=O)(O)OP(=O)(O)O)O2)c(=O)[nH]c1=O. The molecule has 1 aliphatic heterocycles. The molecule has 0 aliphatic carbocycles. The first-order chi connectivity index (χ1) is 19.8. The first kappa shape index (κ1) is 39.2. The summed E-state index contributed by atoms with van der Waals surface area (Å²) in [6.45, 7) is 5.21. The lowest BCUT2D eigenvalue weighted by Crippen LogP contribution is -2.33. The highest BCUT2D eigenvalue weighted by Crippen LogP contribution is 2.66. The predicted octanol–water partition coefficient (Wildman–Crippen LogP) is 1.95. The number of nitrogens with one attached hydrogen (secondary N) is 1. The summed E-state index contributed by atoms with van der Waals surface area (Å²) in [5.41, 5.74) is -1.63. The lowest BCUT2D eigenvalue weighted by molar-refractivity contribution is -0.0543. The molecule has 1 aromatic heterocycles. The molecule has 1 fully saturated rings. The first-order valence-corrected chi connectivity index (χ1v) is 21.3. The van der Waals surface area contributed by atoms with E-state index in [-0.39, 0.29) is 29.3 Å². The minimum absolute atomic E-state index is 0.000985. The van der Waals surface area contributed by atoms with Crippen molar-refractivity contribution >= 4 is 73.6 Å². The number of phosphoric ester groups is 1. The Morgan fingerprint density at radius 3 is 2.44 bits per heavy atom. The van der Waals surface area contributed by atoms with Gasteiger partial charge in [-0.15, -0.1) is 0 Å². The van der Waals surface area contributed by atoms with E-state index in [0.29, 0.717) is 5.94 Å². The molecule has 0 bridgehead atoms. The standard InChI is InChI=1S/C18H30BN2O15P3S4/c1-18(2,3)42-40-11-32-13-7-15(21-8-12(16(22)20-17(21)23)5-4-6-31-10-41-43-19)34-14(13)9-33-38(27,28)36-39(29,30)35-37(24,25)26/h8,13-15H,6-7,9-11,19H2,1-3H3,(H,27,28)(H,29,30)(H,20,22,23)(H2,24,25,26)/t13-,14?,15-/m1/s1. The van der Waals surface area contributed by atoms with E-state index in [2.05, 4.69) is 25.4 Å². The summed E-state index contributed by atoms with van der Waals surface area (Å²) in [6, 6.07) is 0. The van der Waals surface area contributed by atoms with Gasteiger partial charge in [0.1, 0.15) is 36.4 Å².